The van der Waals surface area contributed by atoms with Gasteiger partial charge < -0.3 is 14.7 Å². The standard InChI is InChI=1S/C20H19N3O3S/c1-13-22-15(12-27-13)9-23-19(10-26-11-20(23)25)18-8-21-6-5-17(18)14-3-2-4-16(24)7-14/h2-8,12,19,24H,9-11H2,1H3. The number of aromatic hydroxyl groups is 1. The molecule has 4 rings (SSSR count). The second-order valence-corrected chi connectivity index (χ2v) is 7.49. The molecule has 1 atom stereocenters. The first-order valence-corrected chi connectivity index (χ1v) is 9.51. The van der Waals surface area contributed by atoms with Crippen LogP contribution in [0.2, 0.25) is 0 Å². The summed E-state index contributed by atoms with van der Waals surface area (Å²) in [6.45, 7) is 2.85. The van der Waals surface area contributed by atoms with Crippen molar-refractivity contribution < 1.29 is 14.6 Å². The maximum atomic E-state index is 12.6. The lowest BCUT2D eigenvalue weighted by Crippen LogP contribution is -2.43. The fourth-order valence-electron chi connectivity index (χ4n) is 3.32. The van der Waals surface area contributed by atoms with E-state index >= 15 is 0 Å². The minimum absolute atomic E-state index is 0.0670. The molecule has 1 fully saturated rings. The van der Waals surface area contributed by atoms with Crippen LogP contribution in [0.4, 0.5) is 0 Å². The summed E-state index contributed by atoms with van der Waals surface area (Å²) in [6.07, 6.45) is 3.48. The van der Waals surface area contributed by atoms with Gasteiger partial charge in [-0.25, -0.2) is 4.98 Å². The predicted octanol–water partition coefficient (Wildman–Crippen LogP) is 3.32. The van der Waals surface area contributed by atoms with Crippen molar-refractivity contribution in [2.24, 2.45) is 0 Å². The smallest absolute Gasteiger partial charge is 0.249 e. The Balaban J connectivity index is 1.73. The average molecular weight is 381 g/mol. The van der Waals surface area contributed by atoms with Gasteiger partial charge in [0, 0.05) is 23.3 Å². The molecule has 1 unspecified atom stereocenters. The number of phenols is 1. The van der Waals surface area contributed by atoms with Crippen LogP contribution < -0.4 is 0 Å². The molecule has 7 heteroatoms. The van der Waals surface area contributed by atoms with E-state index in [1.165, 1.54) is 0 Å². The van der Waals surface area contributed by atoms with Gasteiger partial charge in [-0.1, -0.05) is 12.1 Å². The fraction of sp³-hybridized carbons (Fsp3) is 0.250. The maximum absolute atomic E-state index is 12.6. The zero-order chi connectivity index (χ0) is 18.8. The molecule has 6 nitrogen and oxygen atoms in total. The molecule has 1 aromatic carbocycles. The largest absolute Gasteiger partial charge is 0.508 e. The molecule has 1 amide bonds. The number of aryl methyl sites for hydroxylation is 1. The third-order valence-corrected chi connectivity index (χ3v) is 5.39. The Hall–Kier alpha value is -2.77. The van der Waals surface area contributed by atoms with Crippen molar-refractivity contribution in [3.63, 3.8) is 0 Å². The molecule has 1 aliphatic heterocycles. The Kier molecular flexibility index (Phi) is 4.87. The number of aromatic nitrogens is 2. The summed E-state index contributed by atoms with van der Waals surface area (Å²) in [5.41, 5.74) is 3.56. The number of ether oxygens (including phenoxy) is 1. The monoisotopic (exact) mass is 381 g/mol. The van der Waals surface area contributed by atoms with Crippen molar-refractivity contribution in [1.29, 1.82) is 0 Å². The molecule has 0 spiro atoms. The first kappa shape index (κ1) is 17.6. The van der Waals surface area contributed by atoms with Gasteiger partial charge in [0.1, 0.15) is 12.4 Å². The lowest BCUT2D eigenvalue weighted by Gasteiger charge is -2.36. The van der Waals surface area contributed by atoms with Gasteiger partial charge in [0.15, 0.2) is 0 Å². The Morgan fingerprint density at radius 2 is 2.26 bits per heavy atom. The van der Waals surface area contributed by atoms with Gasteiger partial charge in [0.25, 0.3) is 0 Å². The summed E-state index contributed by atoms with van der Waals surface area (Å²) < 4.78 is 5.55. The Bertz CT molecular complexity index is 972. The summed E-state index contributed by atoms with van der Waals surface area (Å²) in [5, 5.41) is 12.8. The van der Waals surface area contributed by atoms with Crippen molar-refractivity contribution in [1.82, 2.24) is 14.9 Å². The number of hydrogen-bond donors (Lipinski definition) is 1. The van der Waals surface area contributed by atoms with Crippen molar-refractivity contribution in [3.8, 4) is 16.9 Å². The Morgan fingerprint density at radius 1 is 1.37 bits per heavy atom. The van der Waals surface area contributed by atoms with Crippen LogP contribution in [-0.4, -0.2) is 39.1 Å². The highest BCUT2D eigenvalue weighted by molar-refractivity contribution is 7.09. The average Bonchev–Trinajstić information content (AvgIpc) is 3.08. The minimum Gasteiger partial charge on any atom is -0.508 e. The Morgan fingerprint density at radius 3 is 3.04 bits per heavy atom. The molecule has 0 aliphatic carbocycles. The van der Waals surface area contributed by atoms with Crippen molar-refractivity contribution >= 4 is 17.2 Å². The molecular formula is C20H19N3O3S. The van der Waals surface area contributed by atoms with Crippen LogP contribution in [0, 0.1) is 6.92 Å². The quantitative estimate of drug-likeness (QED) is 0.750. The maximum Gasteiger partial charge on any atom is 0.249 e. The lowest BCUT2D eigenvalue weighted by atomic mass is 9.95. The number of carbonyl (C=O) groups is 1. The summed E-state index contributed by atoms with van der Waals surface area (Å²) in [7, 11) is 0. The second-order valence-electron chi connectivity index (χ2n) is 6.42. The number of amides is 1. The Labute approximate surface area is 161 Å². The number of pyridine rings is 1. The molecule has 0 bridgehead atoms. The SMILES string of the molecule is Cc1nc(CN2C(=O)COCC2c2cnccc2-c2cccc(O)c2)cs1. The fourth-order valence-corrected chi connectivity index (χ4v) is 3.93. The van der Waals surface area contributed by atoms with Crippen molar-refractivity contribution in [2.75, 3.05) is 13.2 Å². The van der Waals surface area contributed by atoms with Crippen LogP contribution in [0.15, 0.2) is 48.1 Å². The van der Waals surface area contributed by atoms with E-state index in [1.807, 2.05) is 24.4 Å². The molecule has 0 radical (unpaired) electrons. The zero-order valence-corrected chi connectivity index (χ0v) is 15.6. The highest BCUT2D eigenvalue weighted by atomic mass is 32.1. The van der Waals surface area contributed by atoms with Crippen LogP contribution in [0.3, 0.4) is 0 Å². The van der Waals surface area contributed by atoms with E-state index in [0.717, 1.165) is 27.4 Å². The third kappa shape index (κ3) is 3.70. The van der Waals surface area contributed by atoms with Crippen molar-refractivity contribution in [3.05, 3.63) is 64.4 Å². The summed E-state index contributed by atoms with van der Waals surface area (Å²) in [4.78, 5) is 23.2. The van der Waals surface area contributed by atoms with Gasteiger partial charge in [-0.15, -0.1) is 11.3 Å². The van der Waals surface area contributed by atoms with E-state index < -0.39 is 0 Å². The molecule has 1 aliphatic rings. The van der Waals surface area contributed by atoms with E-state index in [9.17, 15) is 9.90 Å². The van der Waals surface area contributed by atoms with E-state index in [2.05, 4.69) is 9.97 Å². The van der Waals surface area contributed by atoms with Gasteiger partial charge >= 0.3 is 0 Å². The molecule has 1 N–H and O–H groups in total. The van der Waals surface area contributed by atoms with Crippen LogP contribution >= 0.6 is 11.3 Å². The molecule has 0 saturated carbocycles. The first-order chi connectivity index (χ1) is 13.1. The van der Waals surface area contributed by atoms with E-state index in [0.29, 0.717) is 13.2 Å². The highest BCUT2D eigenvalue weighted by Gasteiger charge is 2.32. The molecular weight excluding hydrogens is 362 g/mol. The highest BCUT2D eigenvalue weighted by Crippen LogP contribution is 2.34. The van der Waals surface area contributed by atoms with Crippen LogP contribution in [0.25, 0.3) is 11.1 Å². The number of nitrogens with zero attached hydrogens (tertiary/aromatic N) is 3. The summed E-state index contributed by atoms with van der Waals surface area (Å²) in [6, 6.07) is 8.70. The number of carbonyl (C=O) groups excluding carboxylic acids is 1. The van der Waals surface area contributed by atoms with Crippen LogP contribution in [0.5, 0.6) is 5.75 Å². The summed E-state index contributed by atoms with van der Waals surface area (Å²) in [5.74, 6) is 0.128. The van der Waals surface area contributed by atoms with Gasteiger partial charge in [-0.3, -0.25) is 9.78 Å². The molecule has 138 valence electrons. The van der Waals surface area contributed by atoms with Gasteiger partial charge in [-0.2, -0.15) is 0 Å². The van der Waals surface area contributed by atoms with E-state index in [4.69, 9.17) is 4.74 Å². The molecule has 3 heterocycles. The van der Waals surface area contributed by atoms with Gasteiger partial charge in [0.05, 0.1) is 29.9 Å². The second kappa shape index (κ2) is 7.46. The van der Waals surface area contributed by atoms with Crippen molar-refractivity contribution in [2.45, 2.75) is 19.5 Å². The number of rotatable bonds is 4. The normalized spacial score (nSPS) is 17.3. The number of hydrogen-bond acceptors (Lipinski definition) is 6. The molecule has 3 aromatic rings. The third-order valence-electron chi connectivity index (χ3n) is 4.56. The predicted molar refractivity (Wildman–Crippen MR) is 102 cm³/mol. The first-order valence-electron chi connectivity index (χ1n) is 8.63. The summed E-state index contributed by atoms with van der Waals surface area (Å²) >= 11 is 1.57. The minimum atomic E-state index is -0.265. The number of morpholine rings is 1. The lowest BCUT2D eigenvalue weighted by molar-refractivity contribution is -0.149. The van der Waals surface area contributed by atoms with Gasteiger partial charge in [0.2, 0.25) is 5.91 Å². The van der Waals surface area contributed by atoms with Crippen LogP contribution in [-0.2, 0) is 16.1 Å². The van der Waals surface area contributed by atoms with Gasteiger partial charge in [-0.05, 0) is 36.2 Å². The van der Waals surface area contributed by atoms with E-state index in [1.54, 1.807) is 46.8 Å². The number of thiazole rings is 1. The number of phenolic OH excluding ortho intramolecular Hbond substituents is 1. The topological polar surface area (TPSA) is 75.6 Å². The zero-order valence-electron chi connectivity index (χ0n) is 14.8. The molecule has 2 aromatic heterocycles. The molecule has 27 heavy (non-hydrogen) atoms. The van der Waals surface area contributed by atoms with Crippen LogP contribution in [0.1, 0.15) is 22.3 Å². The van der Waals surface area contributed by atoms with E-state index in [-0.39, 0.29) is 24.3 Å². The molecule has 1 saturated heterocycles. The number of benzene rings is 1.